The SMILES string of the molecule is CC(C)(CO)NC(=O)CCCCc1nc2ccccc2s1. The molecule has 114 valence electrons. The number of carbonyl (C=O) groups excluding carboxylic acids is 1. The van der Waals surface area contributed by atoms with E-state index in [1.807, 2.05) is 32.0 Å². The van der Waals surface area contributed by atoms with Gasteiger partial charge in [0.2, 0.25) is 5.91 Å². The van der Waals surface area contributed by atoms with Crippen LogP contribution in [-0.2, 0) is 11.2 Å². The number of hydrogen-bond donors (Lipinski definition) is 2. The predicted molar refractivity (Wildman–Crippen MR) is 86.5 cm³/mol. The Bertz CT molecular complexity index is 574. The van der Waals surface area contributed by atoms with Crippen molar-refractivity contribution in [3.63, 3.8) is 0 Å². The smallest absolute Gasteiger partial charge is 0.220 e. The predicted octanol–water partition coefficient (Wildman–Crippen LogP) is 2.90. The molecule has 0 atom stereocenters. The molecule has 5 heteroatoms. The van der Waals surface area contributed by atoms with Crippen LogP contribution in [0.25, 0.3) is 10.2 Å². The molecule has 1 amide bonds. The molecule has 0 fully saturated rings. The van der Waals surface area contributed by atoms with Crippen LogP contribution in [0.15, 0.2) is 24.3 Å². The maximum absolute atomic E-state index is 11.7. The number of benzene rings is 1. The average molecular weight is 306 g/mol. The molecule has 21 heavy (non-hydrogen) atoms. The number of carbonyl (C=O) groups is 1. The van der Waals surface area contributed by atoms with Crippen LogP contribution in [0.5, 0.6) is 0 Å². The number of fused-ring (bicyclic) bond motifs is 1. The van der Waals surface area contributed by atoms with E-state index in [-0.39, 0.29) is 12.5 Å². The van der Waals surface area contributed by atoms with E-state index in [2.05, 4.69) is 16.4 Å². The highest BCUT2D eigenvalue weighted by molar-refractivity contribution is 7.18. The quantitative estimate of drug-likeness (QED) is 0.773. The van der Waals surface area contributed by atoms with Crippen molar-refractivity contribution in [1.82, 2.24) is 10.3 Å². The molecule has 2 N–H and O–H groups in total. The maximum Gasteiger partial charge on any atom is 0.220 e. The second kappa shape index (κ2) is 7.00. The lowest BCUT2D eigenvalue weighted by Gasteiger charge is -2.23. The lowest BCUT2D eigenvalue weighted by atomic mass is 10.1. The van der Waals surface area contributed by atoms with Crippen LogP contribution in [0.3, 0.4) is 0 Å². The number of para-hydroxylation sites is 1. The molecule has 0 aliphatic heterocycles. The van der Waals surface area contributed by atoms with Gasteiger partial charge in [-0.25, -0.2) is 4.98 Å². The molecule has 2 rings (SSSR count). The summed E-state index contributed by atoms with van der Waals surface area (Å²) in [5, 5.41) is 13.1. The Morgan fingerprint density at radius 3 is 2.81 bits per heavy atom. The Labute approximate surface area is 129 Å². The Morgan fingerprint density at radius 2 is 2.10 bits per heavy atom. The van der Waals surface area contributed by atoms with Gasteiger partial charge in [0.1, 0.15) is 0 Å². The number of aromatic nitrogens is 1. The Hall–Kier alpha value is -1.46. The summed E-state index contributed by atoms with van der Waals surface area (Å²) in [6.07, 6.45) is 3.19. The summed E-state index contributed by atoms with van der Waals surface area (Å²) in [4.78, 5) is 16.3. The number of aliphatic hydroxyl groups is 1. The summed E-state index contributed by atoms with van der Waals surface area (Å²) < 4.78 is 1.22. The van der Waals surface area contributed by atoms with Crippen LogP contribution < -0.4 is 5.32 Å². The van der Waals surface area contributed by atoms with E-state index >= 15 is 0 Å². The highest BCUT2D eigenvalue weighted by Gasteiger charge is 2.18. The van der Waals surface area contributed by atoms with Crippen molar-refractivity contribution in [3.8, 4) is 0 Å². The van der Waals surface area contributed by atoms with Crippen LogP contribution in [0.4, 0.5) is 0 Å². The van der Waals surface area contributed by atoms with E-state index < -0.39 is 5.54 Å². The van der Waals surface area contributed by atoms with Gasteiger partial charge in [-0.05, 0) is 45.2 Å². The standard InChI is InChI=1S/C16H22N2O2S/c1-16(2,11-19)18-14(20)9-5-6-10-15-17-12-7-3-4-8-13(12)21-15/h3-4,7-8,19H,5-6,9-11H2,1-2H3,(H,18,20). The van der Waals surface area contributed by atoms with E-state index in [4.69, 9.17) is 5.11 Å². The minimum absolute atomic E-state index is 0.00153. The summed E-state index contributed by atoms with van der Waals surface area (Å²) in [5.41, 5.74) is 0.518. The zero-order valence-corrected chi connectivity index (χ0v) is 13.4. The molecule has 2 aromatic rings. The molecule has 1 heterocycles. The topological polar surface area (TPSA) is 62.2 Å². The van der Waals surface area contributed by atoms with E-state index in [9.17, 15) is 4.79 Å². The minimum Gasteiger partial charge on any atom is -0.394 e. The summed E-state index contributed by atoms with van der Waals surface area (Å²) in [5.74, 6) is -0.00153. The zero-order chi connectivity index (χ0) is 15.3. The van der Waals surface area contributed by atoms with Crippen molar-refractivity contribution < 1.29 is 9.90 Å². The number of aliphatic hydroxyl groups excluding tert-OH is 1. The number of rotatable bonds is 7. The number of thiazole rings is 1. The van der Waals surface area contributed by atoms with E-state index in [1.165, 1.54) is 4.70 Å². The fourth-order valence-electron chi connectivity index (χ4n) is 2.07. The first-order valence-corrected chi connectivity index (χ1v) is 8.08. The zero-order valence-electron chi connectivity index (χ0n) is 12.6. The molecular formula is C16H22N2O2S. The highest BCUT2D eigenvalue weighted by Crippen LogP contribution is 2.22. The molecule has 0 aliphatic carbocycles. The van der Waals surface area contributed by atoms with Crippen LogP contribution in [0, 0.1) is 0 Å². The summed E-state index contributed by atoms with van der Waals surface area (Å²) in [6, 6.07) is 8.14. The lowest BCUT2D eigenvalue weighted by molar-refractivity contribution is -0.123. The van der Waals surface area contributed by atoms with Crippen LogP contribution >= 0.6 is 11.3 Å². The van der Waals surface area contributed by atoms with Crippen molar-refractivity contribution in [2.45, 2.75) is 45.1 Å². The number of hydrogen-bond acceptors (Lipinski definition) is 4. The molecule has 4 nitrogen and oxygen atoms in total. The van der Waals surface area contributed by atoms with Crippen molar-refractivity contribution in [1.29, 1.82) is 0 Å². The molecule has 0 aliphatic rings. The Morgan fingerprint density at radius 1 is 1.33 bits per heavy atom. The average Bonchev–Trinajstić information content (AvgIpc) is 2.86. The molecule has 1 aromatic carbocycles. The van der Waals surface area contributed by atoms with E-state index in [0.29, 0.717) is 6.42 Å². The number of unbranched alkanes of at least 4 members (excludes halogenated alkanes) is 1. The number of amides is 1. The second-order valence-corrected chi connectivity index (χ2v) is 6.99. The van der Waals surface area contributed by atoms with Crippen LogP contribution in [0.2, 0.25) is 0 Å². The molecule has 0 bridgehead atoms. The van der Waals surface area contributed by atoms with Gasteiger partial charge < -0.3 is 10.4 Å². The molecule has 1 aromatic heterocycles. The molecule has 0 saturated heterocycles. The number of nitrogens with one attached hydrogen (secondary N) is 1. The molecule has 0 unspecified atom stereocenters. The molecular weight excluding hydrogens is 284 g/mol. The van der Waals surface area contributed by atoms with Gasteiger partial charge in [-0.1, -0.05) is 12.1 Å². The number of nitrogens with zero attached hydrogens (tertiary/aromatic N) is 1. The minimum atomic E-state index is -0.538. The Kier molecular flexibility index (Phi) is 5.31. The number of aryl methyl sites for hydroxylation is 1. The van der Waals surface area contributed by atoms with Crippen molar-refractivity contribution in [2.75, 3.05) is 6.61 Å². The highest BCUT2D eigenvalue weighted by atomic mass is 32.1. The summed E-state index contributed by atoms with van der Waals surface area (Å²) in [7, 11) is 0. The van der Waals surface area contributed by atoms with Gasteiger partial charge in [0.05, 0.1) is 27.4 Å². The monoisotopic (exact) mass is 306 g/mol. The maximum atomic E-state index is 11.7. The first-order chi connectivity index (χ1) is 10.00. The van der Waals surface area contributed by atoms with Crippen molar-refractivity contribution >= 4 is 27.5 Å². The van der Waals surface area contributed by atoms with Gasteiger partial charge in [0.15, 0.2) is 0 Å². The summed E-state index contributed by atoms with van der Waals surface area (Å²) in [6.45, 7) is 3.57. The second-order valence-electron chi connectivity index (χ2n) is 5.87. The van der Waals surface area contributed by atoms with Gasteiger partial charge in [-0.15, -0.1) is 11.3 Å². The van der Waals surface area contributed by atoms with Crippen LogP contribution in [-0.4, -0.2) is 28.1 Å². The fraction of sp³-hybridized carbons (Fsp3) is 0.500. The lowest BCUT2D eigenvalue weighted by Crippen LogP contribution is -2.46. The van der Waals surface area contributed by atoms with Crippen LogP contribution in [0.1, 0.15) is 38.1 Å². The Balaban J connectivity index is 1.73. The van der Waals surface area contributed by atoms with Gasteiger partial charge >= 0.3 is 0 Å². The van der Waals surface area contributed by atoms with Gasteiger partial charge in [-0.3, -0.25) is 4.79 Å². The largest absolute Gasteiger partial charge is 0.394 e. The molecule has 0 saturated carbocycles. The third kappa shape index (κ3) is 4.79. The van der Waals surface area contributed by atoms with Gasteiger partial charge in [0.25, 0.3) is 0 Å². The van der Waals surface area contributed by atoms with E-state index in [1.54, 1.807) is 11.3 Å². The third-order valence-electron chi connectivity index (χ3n) is 3.26. The van der Waals surface area contributed by atoms with Crippen molar-refractivity contribution in [2.24, 2.45) is 0 Å². The van der Waals surface area contributed by atoms with Gasteiger partial charge in [0, 0.05) is 6.42 Å². The van der Waals surface area contributed by atoms with E-state index in [0.717, 1.165) is 29.8 Å². The van der Waals surface area contributed by atoms with Gasteiger partial charge in [-0.2, -0.15) is 0 Å². The fourth-order valence-corrected chi connectivity index (χ4v) is 3.08. The normalized spacial score (nSPS) is 11.8. The first kappa shape index (κ1) is 15.9. The molecule has 0 spiro atoms. The first-order valence-electron chi connectivity index (χ1n) is 7.26. The molecule has 0 radical (unpaired) electrons. The van der Waals surface area contributed by atoms with Crippen molar-refractivity contribution in [3.05, 3.63) is 29.3 Å². The summed E-state index contributed by atoms with van der Waals surface area (Å²) >= 11 is 1.73. The third-order valence-corrected chi connectivity index (χ3v) is 4.35.